The number of aliphatic carboxylic acids is 1. The van der Waals surface area contributed by atoms with E-state index in [0.717, 1.165) is 0 Å². The van der Waals surface area contributed by atoms with Gasteiger partial charge in [-0.05, 0) is 34.1 Å². The maximum atomic E-state index is 11.8. The number of nitrogens with zero attached hydrogens (tertiary/aromatic N) is 1. The predicted octanol–water partition coefficient (Wildman–Crippen LogP) is 1.43. The Morgan fingerprint density at radius 1 is 1.39 bits per heavy atom. The molecular formula is C12H24N2O4. The molecule has 0 bridgehead atoms. The van der Waals surface area contributed by atoms with Crippen molar-refractivity contribution >= 4 is 12.1 Å². The summed E-state index contributed by atoms with van der Waals surface area (Å²) >= 11 is 0. The lowest BCUT2D eigenvalue weighted by Gasteiger charge is -2.31. The average Bonchev–Trinajstić information content (AvgIpc) is 2.21. The van der Waals surface area contributed by atoms with Crippen molar-refractivity contribution in [2.24, 2.45) is 5.73 Å². The lowest BCUT2D eigenvalue weighted by atomic mass is 10.0. The van der Waals surface area contributed by atoms with E-state index in [1.165, 1.54) is 4.90 Å². The summed E-state index contributed by atoms with van der Waals surface area (Å²) in [5.41, 5.74) is 5.30. The number of carboxylic acids is 1. The molecule has 0 radical (unpaired) electrons. The summed E-state index contributed by atoms with van der Waals surface area (Å²) in [7, 11) is 1.60. The lowest BCUT2D eigenvalue weighted by Crippen LogP contribution is -2.48. The van der Waals surface area contributed by atoms with Gasteiger partial charge >= 0.3 is 12.1 Å². The number of likely N-dealkylation sites (N-methyl/N-ethyl adjacent to an activating group) is 1. The molecule has 18 heavy (non-hydrogen) atoms. The van der Waals surface area contributed by atoms with Crippen LogP contribution in [-0.4, -0.2) is 46.8 Å². The van der Waals surface area contributed by atoms with Crippen molar-refractivity contribution in [1.29, 1.82) is 0 Å². The monoisotopic (exact) mass is 260 g/mol. The SMILES string of the molecule is CC(C(N)CCC(=O)O)N(C)C(=O)OC(C)(C)C. The Morgan fingerprint density at radius 3 is 2.28 bits per heavy atom. The molecule has 6 nitrogen and oxygen atoms in total. The molecule has 6 heteroatoms. The highest BCUT2D eigenvalue weighted by atomic mass is 16.6. The third kappa shape index (κ3) is 6.44. The highest BCUT2D eigenvalue weighted by Gasteiger charge is 2.26. The summed E-state index contributed by atoms with van der Waals surface area (Å²) in [6, 6.07) is -0.669. The third-order valence-corrected chi connectivity index (χ3v) is 2.60. The fourth-order valence-corrected chi connectivity index (χ4v) is 1.32. The van der Waals surface area contributed by atoms with Gasteiger partial charge in [-0.15, -0.1) is 0 Å². The van der Waals surface area contributed by atoms with Crippen LogP contribution in [0.1, 0.15) is 40.5 Å². The predicted molar refractivity (Wildman–Crippen MR) is 68.3 cm³/mol. The Balaban J connectivity index is 4.35. The van der Waals surface area contributed by atoms with Crippen LogP contribution < -0.4 is 5.73 Å². The molecule has 0 aromatic carbocycles. The van der Waals surface area contributed by atoms with E-state index in [0.29, 0.717) is 6.42 Å². The van der Waals surface area contributed by atoms with Crippen LogP contribution in [0.2, 0.25) is 0 Å². The third-order valence-electron chi connectivity index (χ3n) is 2.60. The van der Waals surface area contributed by atoms with E-state index in [4.69, 9.17) is 15.6 Å². The Labute approximate surface area is 108 Å². The second-order valence-corrected chi connectivity index (χ2v) is 5.43. The van der Waals surface area contributed by atoms with Gasteiger partial charge in [-0.1, -0.05) is 0 Å². The first-order valence-corrected chi connectivity index (χ1v) is 5.97. The minimum absolute atomic E-state index is 0.00628. The van der Waals surface area contributed by atoms with Crippen LogP contribution in [-0.2, 0) is 9.53 Å². The molecule has 0 rings (SSSR count). The molecule has 0 fully saturated rings. The smallest absolute Gasteiger partial charge is 0.410 e. The zero-order valence-corrected chi connectivity index (χ0v) is 11.8. The zero-order valence-electron chi connectivity index (χ0n) is 11.8. The fraction of sp³-hybridized carbons (Fsp3) is 0.833. The van der Waals surface area contributed by atoms with Crippen molar-refractivity contribution in [3.05, 3.63) is 0 Å². The fourth-order valence-electron chi connectivity index (χ4n) is 1.32. The molecule has 0 aliphatic carbocycles. The maximum Gasteiger partial charge on any atom is 0.410 e. The summed E-state index contributed by atoms with van der Waals surface area (Å²) in [6.07, 6.45) is -0.141. The molecule has 1 amide bonds. The number of rotatable bonds is 5. The van der Waals surface area contributed by atoms with Crippen molar-refractivity contribution in [1.82, 2.24) is 4.90 Å². The number of nitrogens with two attached hydrogens (primary N) is 1. The van der Waals surface area contributed by atoms with Crippen molar-refractivity contribution in [2.45, 2.75) is 58.2 Å². The molecular weight excluding hydrogens is 236 g/mol. The molecule has 3 N–H and O–H groups in total. The number of carboxylic acid groups (broad SMARTS) is 1. The number of hydrogen-bond donors (Lipinski definition) is 2. The van der Waals surface area contributed by atoms with E-state index >= 15 is 0 Å². The van der Waals surface area contributed by atoms with Crippen LogP contribution in [0.3, 0.4) is 0 Å². The van der Waals surface area contributed by atoms with E-state index in [-0.39, 0.29) is 12.5 Å². The Hall–Kier alpha value is -1.30. The second-order valence-electron chi connectivity index (χ2n) is 5.43. The summed E-state index contributed by atoms with van der Waals surface area (Å²) in [4.78, 5) is 23.6. The van der Waals surface area contributed by atoms with Crippen molar-refractivity contribution in [2.75, 3.05) is 7.05 Å². The van der Waals surface area contributed by atoms with Gasteiger partial charge in [-0.2, -0.15) is 0 Å². The van der Waals surface area contributed by atoms with Crippen LogP contribution in [0.25, 0.3) is 0 Å². The number of carbonyl (C=O) groups is 2. The van der Waals surface area contributed by atoms with Crippen LogP contribution in [0.4, 0.5) is 4.79 Å². The van der Waals surface area contributed by atoms with Crippen LogP contribution in [0.15, 0.2) is 0 Å². The largest absolute Gasteiger partial charge is 0.481 e. The first-order chi connectivity index (χ1) is 8.04. The van der Waals surface area contributed by atoms with Crippen LogP contribution in [0.5, 0.6) is 0 Å². The zero-order chi connectivity index (χ0) is 14.5. The minimum atomic E-state index is -0.891. The minimum Gasteiger partial charge on any atom is -0.481 e. The topological polar surface area (TPSA) is 92.9 Å². The summed E-state index contributed by atoms with van der Waals surface area (Å²) in [6.45, 7) is 7.13. The quantitative estimate of drug-likeness (QED) is 0.780. The lowest BCUT2D eigenvalue weighted by molar-refractivity contribution is -0.137. The average molecular weight is 260 g/mol. The van der Waals surface area contributed by atoms with E-state index in [1.54, 1.807) is 34.7 Å². The van der Waals surface area contributed by atoms with Gasteiger partial charge < -0.3 is 20.5 Å². The Morgan fingerprint density at radius 2 is 1.89 bits per heavy atom. The molecule has 0 aliphatic heterocycles. The van der Waals surface area contributed by atoms with Gasteiger partial charge in [0.15, 0.2) is 0 Å². The standard InChI is InChI=1S/C12H24N2O4/c1-8(9(13)6-7-10(15)16)14(5)11(17)18-12(2,3)4/h8-9H,6-7,13H2,1-5H3,(H,15,16). The van der Waals surface area contributed by atoms with Crippen molar-refractivity contribution in [3.63, 3.8) is 0 Å². The Kier molecular flexibility index (Phi) is 6.11. The molecule has 0 spiro atoms. The van der Waals surface area contributed by atoms with Gasteiger partial charge in [0.1, 0.15) is 5.60 Å². The van der Waals surface area contributed by atoms with Gasteiger partial charge in [0, 0.05) is 25.6 Å². The van der Waals surface area contributed by atoms with Crippen molar-refractivity contribution < 1.29 is 19.4 Å². The molecule has 106 valence electrons. The summed E-state index contributed by atoms with van der Waals surface area (Å²) in [5.74, 6) is -0.891. The highest BCUT2D eigenvalue weighted by Crippen LogP contribution is 2.13. The van der Waals surface area contributed by atoms with Gasteiger partial charge in [-0.25, -0.2) is 4.79 Å². The molecule has 2 unspecified atom stereocenters. The molecule has 0 saturated heterocycles. The highest BCUT2D eigenvalue weighted by molar-refractivity contribution is 5.68. The summed E-state index contributed by atoms with van der Waals surface area (Å²) in [5, 5.41) is 8.58. The Bertz CT molecular complexity index is 299. The van der Waals surface area contributed by atoms with Gasteiger partial charge in [-0.3, -0.25) is 4.79 Å². The van der Waals surface area contributed by atoms with Crippen LogP contribution >= 0.6 is 0 Å². The second kappa shape index (κ2) is 6.58. The molecule has 0 heterocycles. The van der Waals surface area contributed by atoms with E-state index in [2.05, 4.69) is 0 Å². The summed E-state index contributed by atoms with van der Waals surface area (Å²) < 4.78 is 5.21. The number of amides is 1. The number of hydrogen-bond acceptors (Lipinski definition) is 4. The van der Waals surface area contributed by atoms with E-state index in [1.807, 2.05) is 0 Å². The van der Waals surface area contributed by atoms with E-state index in [9.17, 15) is 9.59 Å². The van der Waals surface area contributed by atoms with Gasteiger partial charge in [0.05, 0.1) is 0 Å². The van der Waals surface area contributed by atoms with Crippen molar-refractivity contribution in [3.8, 4) is 0 Å². The van der Waals surface area contributed by atoms with E-state index < -0.39 is 23.7 Å². The molecule has 0 aromatic rings. The molecule has 2 atom stereocenters. The molecule has 0 saturated carbocycles. The number of carbonyl (C=O) groups excluding carboxylic acids is 1. The van der Waals surface area contributed by atoms with Gasteiger partial charge in [0.25, 0.3) is 0 Å². The first kappa shape index (κ1) is 16.7. The van der Waals surface area contributed by atoms with Gasteiger partial charge in [0.2, 0.25) is 0 Å². The molecule has 0 aromatic heterocycles. The number of ether oxygens (including phenoxy) is 1. The maximum absolute atomic E-state index is 11.8. The molecule has 0 aliphatic rings. The normalized spacial score (nSPS) is 14.8. The van der Waals surface area contributed by atoms with Crippen LogP contribution in [0, 0.1) is 0 Å². The first-order valence-electron chi connectivity index (χ1n) is 5.97.